The van der Waals surface area contributed by atoms with Crippen LogP contribution in [0.5, 0.6) is 5.75 Å². The van der Waals surface area contributed by atoms with Crippen LogP contribution in [0.1, 0.15) is 16.8 Å². The molecule has 0 saturated heterocycles. The monoisotopic (exact) mass is 303 g/mol. The van der Waals surface area contributed by atoms with Gasteiger partial charge in [-0.3, -0.25) is 4.98 Å². The summed E-state index contributed by atoms with van der Waals surface area (Å²) >= 11 is 0. The number of methoxy groups -OCH3 is 1. The SMILES string of the molecule is COc1cc(CCc2ccc(-c3ccccc3)cc2)ncc1C. The van der Waals surface area contributed by atoms with Crippen LogP contribution in [-0.4, -0.2) is 12.1 Å². The van der Waals surface area contributed by atoms with Crippen LogP contribution in [0.4, 0.5) is 0 Å². The number of ether oxygens (including phenoxy) is 1. The van der Waals surface area contributed by atoms with Crippen molar-refractivity contribution in [1.29, 1.82) is 0 Å². The number of hydrogen-bond acceptors (Lipinski definition) is 2. The molecular weight excluding hydrogens is 282 g/mol. The zero-order valence-electron chi connectivity index (χ0n) is 13.6. The van der Waals surface area contributed by atoms with Crippen LogP contribution in [0, 0.1) is 6.92 Å². The molecule has 0 fully saturated rings. The van der Waals surface area contributed by atoms with Gasteiger partial charge in [0.25, 0.3) is 0 Å². The Morgan fingerprint density at radius 2 is 1.57 bits per heavy atom. The van der Waals surface area contributed by atoms with Gasteiger partial charge >= 0.3 is 0 Å². The lowest BCUT2D eigenvalue weighted by Gasteiger charge is -2.07. The second-order valence-corrected chi connectivity index (χ2v) is 5.71. The van der Waals surface area contributed by atoms with Gasteiger partial charge in [0.15, 0.2) is 0 Å². The molecule has 0 radical (unpaired) electrons. The Labute approximate surface area is 137 Å². The maximum atomic E-state index is 5.36. The second-order valence-electron chi connectivity index (χ2n) is 5.71. The van der Waals surface area contributed by atoms with Gasteiger partial charge in [0, 0.05) is 23.5 Å². The Hall–Kier alpha value is -2.61. The minimum absolute atomic E-state index is 0.912. The Morgan fingerprint density at radius 1 is 0.870 bits per heavy atom. The highest BCUT2D eigenvalue weighted by Crippen LogP contribution is 2.21. The molecular formula is C21H21NO. The van der Waals surface area contributed by atoms with E-state index in [1.54, 1.807) is 7.11 Å². The lowest BCUT2D eigenvalue weighted by Crippen LogP contribution is -1.97. The smallest absolute Gasteiger partial charge is 0.125 e. The molecule has 0 amide bonds. The quantitative estimate of drug-likeness (QED) is 0.672. The largest absolute Gasteiger partial charge is 0.496 e. The first-order chi connectivity index (χ1) is 11.3. The van der Waals surface area contributed by atoms with Gasteiger partial charge in [0.2, 0.25) is 0 Å². The molecule has 2 aromatic carbocycles. The topological polar surface area (TPSA) is 22.1 Å². The van der Waals surface area contributed by atoms with Crippen LogP contribution in [0.25, 0.3) is 11.1 Å². The fourth-order valence-electron chi connectivity index (χ4n) is 2.67. The van der Waals surface area contributed by atoms with Crippen LogP contribution in [0.2, 0.25) is 0 Å². The number of pyridine rings is 1. The van der Waals surface area contributed by atoms with Crippen molar-refractivity contribution in [2.24, 2.45) is 0 Å². The highest BCUT2D eigenvalue weighted by atomic mass is 16.5. The van der Waals surface area contributed by atoms with Gasteiger partial charge in [-0.25, -0.2) is 0 Å². The van der Waals surface area contributed by atoms with Crippen molar-refractivity contribution in [3.63, 3.8) is 0 Å². The molecule has 0 aliphatic carbocycles. The Morgan fingerprint density at radius 3 is 2.26 bits per heavy atom. The molecule has 0 aliphatic rings. The number of aromatic nitrogens is 1. The summed E-state index contributed by atoms with van der Waals surface area (Å²) in [6.45, 7) is 2.01. The van der Waals surface area contributed by atoms with Crippen molar-refractivity contribution in [1.82, 2.24) is 4.98 Å². The predicted molar refractivity (Wildman–Crippen MR) is 94.8 cm³/mol. The minimum Gasteiger partial charge on any atom is -0.496 e. The van der Waals surface area contributed by atoms with Crippen LogP contribution in [0.3, 0.4) is 0 Å². The van der Waals surface area contributed by atoms with Crippen LogP contribution in [0.15, 0.2) is 66.9 Å². The standard InChI is InChI=1S/C21H21NO/c1-16-15-22-20(14-21(16)23-2)13-10-17-8-11-19(12-9-17)18-6-4-3-5-7-18/h3-9,11-12,14-15H,10,13H2,1-2H3. The van der Waals surface area contributed by atoms with Crippen LogP contribution in [-0.2, 0) is 12.8 Å². The first-order valence-electron chi connectivity index (χ1n) is 7.90. The van der Waals surface area contributed by atoms with E-state index in [1.807, 2.05) is 25.3 Å². The zero-order chi connectivity index (χ0) is 16.1. The highest BCUT2D eigenvalue weighted by Gasteiger charge is 2.03. The third-order valence-electron chi connectivity index (χ3n) is 4.06. The highest BCUT2D eigenvalue weighted by molar-refractivity contribution is 5.63. The van der Waals surface area contributed by atoms with Crippen molar-refractivity contribution in [3.05, 3.63) is 83.7 Å². The van der Waals surface area contributed by atoms with Gasteiger partial charge in [0.1, 0.15) is 5.75 Å². The zero-order valence-corrected chi connectivity index (χ0v) is 13.6. The average molecular weight is 303 g/mol. The van der Waals surface area contributed by atoms with Crippen LogP contribution < -0.4 is 4.74 Å². The molecule has 116 valence electrons. The van der Waals surface area contributed by atoms with Gasteiger partial charge in [-0.05, 0) is 36.5 Å². The lowest BCUT2D eigenvalue weighted by atomic mass is 10.0. The van der Waals surface area contributed by atoms with E-state index in [4.69, 9.17) is 4.74 Å². The molecule has 0 spiro atoms. The van der Waals surface area contributed by atoms with Gasteiger partial charge in [-0.2, -0.15) is 0 Å². The minimum atomic E-state index is 0.912. The molecule has 2 heteroatoms. The van der Waals surface area contributed by atoms with Crippen LogP contribution >= 0.6 is 0 Å². The van der Waals surface area contributed by atoms with E-state index in [-0.39, 0.29) is 0 Å². The van der Waals surface area contributed by atoms with Crippen molar-refractivity contribution in [2.75, 3.05) is 7.11 Å². The third kappa shape index (κ3) is 3.78. The fraction of sp³-hybridized carbons (Fsp3) is 0.190. The maximum Gasteiger partial charge on any atom is 0.125 e. The van der Waals surface area contributed by atoms with E-state index in [9.17, 15) is 0 Å². The molecule has 3 rings (SSSR count). The molecule has 2 nitrogen and oxygen atoms in total. The van der Waals surface area contributed by atoms with Gasteiger partial charge < -0.3 is 4.74 Å². The molecule has 1 heterocycles. The van der Waals surface area contributed by atoms with Gasteiger partial charge in [-0.15, -0.1) is 0 Å². The van der Waals surface area contributed by atoms with Gasteiger partial charge in [0.05, 0.1) is 7.11 Å². The second kappa shape index (κ2) is 7.10. The fourth-order valence-corrected chi connectivity index (χ4v) is 2.67. The van der Waals surface area contributed by atoms with Crippen molar-refractivity contribution < 1.29 is 4.74 Å². The van der Waals surface area contributed by atoms with Crippen molar-refractivity contribution in [3.8, 4) is 16.9 Å². The Kier molecular flexibility index (Phi) is 4.72. The number of aryl methyl sites for hydroxylation is 3. The summed E-state index contributed by atoms with van der Waals surface area (Å²) < 4.78 is 5.36. The molecule has 0 N–H and O–H groups in total. The third-order valence-corrected chi connectivity index (χ3v) is 4.06. The summed E-state index contributed by atoms with van der Waals surface area (Å²) in [5.41, 5.74) is 5.97. The first kappa shape index (κ1) is 15.3. The molecule has 1 aromatic heterocycles. The summed E-state index contributed by atoms with van der Waals surface area (Å²) in [6.07, 6.45) is 3.78. The molecule has 0 aliphatic heterocycles. The summed E-state index contributed by atoms with van der Waals surface area (Å²) in [4.78, 5) is 4.49. The molecule has 3 aromatic rings. The Balaban J connectivity index is 1.67. The number of rotatable bonds is 5. The first-order valence-corrected chi connectivity index (χ1v) is 7.90. The van der Waals surface area contributed by atoms with E-state index in [2.05, 4.69) is 53.5 Å². The molecule has 0 saturated carbocycles. The number of nitrogens with zero attached hydrogens (tertiary/aromatic N) is 1. The summed E-state index contributed by atoms with van der Waals surface area (Å²) in [5.74, 6) is 0.912. The molecule has 0 unspecified atom stereocenters. The lowest BCUT2D eigenvalue weighted by molar-refractivity contribution is 0.410. The summed E-state index contributed by atoms with van der Waals surface area (Å²) in [5, 5.41) is 0. The normalized spacial score (nSPS) is 10.5. The van der Waals surface area contributed by atoms with Crippen molar-refractivity contribution >= 4 is 0 Å². The Bertz CT molecular complexity index is 764. The summed E-state index contributed by atoms with van der Waals surface area (Å²) in [6, 6.07) is 21.3. The maximum absolute atomic E-state index is 5.36. The van der Waals surface area contributed by atoms with E-state index < -0.39 is 0 Å². The average Bonchev–Trinajstić information content (AvgIpc) is 2.62. The van der Waals surface area contributed by atoms with E-state index in [1.165, 1.54) is 16.7 Å². The van der Waals surface area contributed by atoms with E-state index >= 15 is 0 Å². The summed E-state index contributed by atoms with van der Waals surface area (Å²) in [7, 11) is 1.70. The van der Waals surface area contributed by atoms with Crippen molar-refractivity contribution in [2.45, 2.75) is 19.8 Å². The number of benzene rings is 2. The molecule has 0 atom stereocenters. The predicted octanol–water partition coefficient (Wildman–Crippen LogP) is 4.85. The molecule has 0 bridgehead atoms. The van der Waals surface area contributed by atoms with E-state index in [0.29, 0.717) is 0 Å². The number of hydrogen-bond donors (Lipinski definition) is 0. The van der Waals surface area contributed by atoms with Gasteiger partial charge in [-0.1, -0.05) is 54.6 Å². The van der Waals surface area contributed by atoms with E-state index in [0.717, 1.165) is 29.8 Å². The molecule has 23 heavy (non-hydrogen) atoms.